The Hall–Kier alpha value is -1.30. The maximum Gasteiger partial charge on any atom is 0.305 e. The van der Waals surface area contributed by atoms with E-state index in [-0.39, 0.29) is 23.9 Å². The average molecular weight is 911 g/mol. The first-order valence-corrected chi connectivity index (χ1v) is 28.6. The quantitative estimate of drug-likeness (QED) is 0.0345. The summed E-state index contributed by atoms with van der Waals surface area (Å²) in [5, 5.41) is 0. The molecule has 2 unspecified atom stereocenters. The monoisotopic (exact) mass is 910 g/mol. The maximum absolute atomic E-state index is 13.5. The fourth-order valence-corrected chi connectivity index (χ4v) is 9.37. The van der Waals surface area contributed by atoms with Crippen LogP contribution in [0.4, 0.5) is 0 Å². The number of unbranched alkanes of at least 4 members (excludes halogenated alkanes) is 25. The number of nitrogens with zero attached hydrogens (tertiary/aromatic N) is 1. The van der Waals surface area contributed by atoms with Crippen molar-refractivity contribution in [2.75, 3.05) is 25.6 Å². The molecular weight excluding hydrogens is 802 g/mol. The van der Waals surface area contributed by atoms with E-state index >= 15 is 0 Å². The molecule has 1 amide bonds. The molecule has 7 heteroatoms. The molecule has 63 heavy (non-hydrogen) atoms. The normalized spacial score (nSPS) is 12.9. The van der Waals surface area contributed by atoms with Crippen molar-refractivity contribution in [2.45, 2.75) is 304 Å². The van der Waals surface area contributed by atoms with Gasteiger partial charge in [0.25, 0.3) is 0 Å². The van der Waals surface area contributed by atoms with E-state index < -0.39 is 0 Å². The van der Waals surface area contributed by atoms with Crippen molar-refractivity contribution in [1.29, 1.82) is 0 Å². The van der Waals surface area contributed by atoms with E-state index in [0.29, 0.717) is 50.2 Å². The van der Waals surface area contributed by atoms with Gasteiger partial charge in [0, 0.05) is 37.7 Å². The molecule has 0 aliphatic rings. The number of amides is 1. The molecule has 0 fully saturated rings. The highest BCUT2D eigenvalue weighted by molar-refractivity contribution is 6.18. The predicted octanol–water partition coefficient (Wildman–Crippen LogP) is 17.8. The number of halogens is 1. The minimum Gasteiger partial charge on any atom is -0.465 e. The summed E-state index contributed by atoms with van der Waals surface area (Å²) in [7, 11) is 0. The van der Waals surface area contributed by atoms with Crippen molar-refractivity contribution in [1.82, 2.24) is 4.90 Å². The first-order chi connectivity index (χ1) is 30.9. The van der Waals surface area contributed by atoms with Crippen molar-refractivity contribution in [3.8, 4) is 0 Å². The van der Waals surface area contributed by atoms with Crippen molar-refractivity contribution < 1.29 is 23.9 Å². The van der Waals surface area contributed by atoms with Crippen LogP contribution in [0.25, 0.3) is 0 Å². The summed E-state index contributed by atoms with van der Waals surface area (Å²) in [5.74, 6) is 1.64. The summed E-state index contributed by atoms with van der Waals surface area (Å²) in [5.41, 5.74) is 0. The van der Waals surface area contributed by atoms with E-state index in [4.69, 9.17) is 21.1 Å². The molecule has 0 aliphatic heterocycles. The Balaban J connectivity index is 4.83. The smallest absolute Gasteiger partial charge is 0.305 e. The van der Waals surface area contributed by atoms with Crippen LogP contribution in [0.1, 0.15) is 298 Å². The van der Waals surface area contributed by atoms with Gasteiger partial charge in [-0.2, -0.15) is 0 Å². The van der Waals surface area contributed by atoms with Gasteiger partial charge in [-0.25, -0.2) is 0 Å². The molecule has 0 aromatic heterocycles. The fraction of sp³-hybridized carbons (Fsp3) is 0.946. The maximum atomic E-state index is 13.5. The number of hydrogen-bond donors (Lipinski definition) is 0. The van der Waals surface area contributed by atoms with Gasteiger partial charge in [0.05, 0.1) is 13.2 Å². The zero-order chi connectivity index (χ0) is 46.3. The Bertz CT molecular complexity index is 937. The number of carbonyl (C=O) groups excluding carboxylic acids is 3. The average Bonchev–Trinajstić information content (AvgIpc) is 3.28. The lowest BCUT2D eigenvalue weighted by Gasteiger charge is -2.32. The topological polar surface area (TPSA) is 72.9 Å². The predicted molar refractivity (Wildman–Crippen MR) is 273 cm³/mol. The van der Waals surface area contributed by atoms with E-state index in [1.165, 1.54) is 173 Å². The number of esters is 2. The van der Waals surface area contributed by atoms with Crippen LogP contribution in [0.2, 0.25) is 0 Å². The lowest BCUT2D eigenvalue weighted by Crippen LogP contribution is -2.41. The van der Waals surface area contributed by atoms with Crippen LogP contribution in [0.5, 0.6) is 0 Å². The van der Waals surface area contributed by atoms with Gasteiger partial charge in [0.1, 0.15) is 0 Å². The third kappa shape index (κ3) is 40.7. The molecule has 2 atom stereocenters. The summed E-state index contributed by atoms with van der Waals surface area (Å²) in [6.45, 7) is 13.3. The standard InChI is InChI=1S/C56H108ClNO5/c1-6-11-16-19-20-25-30-37-48-58(54(59)46-47-57)53(42-33-26-21-23-28-35-44-55(60)62-49-51(38-14-9-4)40-31-17-12-7-2)43-34-27-22-24-29-36-45-56(61)63-50-52(39-15-10-5)41-32-18-13-8-3/h51-53H,6-50H2,1-5H3. The summed E-state index contributed by atoms with van der Waals surface area (Å²) in [6.07, 6.45) is 46.8. The molecule has 0 aromatic rings. The molecule has 0 saturated carbocycles. The molecule has 0 bridgehead atoms. The summed E-state index contributed by atoms with van der Waals surface area (Å²) in [6, 6.07) is 0.287. The van der Waals surface area contributed by atoms with Gasteiger partial charge in [-0.15, -0.1) is 11.6 Å². The van der Waals surface area contributed by atoms with Gasteiger partial charge >= 0.3 is 11.9 Å². The van der Waals surface area contributed by atoms with Gasteiger partial charge in [-0.1, -0.05) is 221 Å². The van der Waals surface area contributed by atoms with Crippen LogP contribution in [0, 0.1) is 11.8 Å². The molecular formula is C56H108ClNO5. The van der Waals surface area contributed by atoms with E-state index in [9.17, 15) is 14.4 Å². The van der Waals surface area contributed by atoms with Gasteiger partial charge in [0.15, 0.2) is 0 Å². The van der Waals surface area contributed by atoms with Crippen LogP contribution >= 0.6 is 11.6 Å². The van der Waals surface area contributed by atoms with Crippen molar-refractivity contribution in [3.05, 3.63) is 0 Å². The van der Waals surface area contributed by atoms with E-state index in [0.717, 1.165) is 77.2 Å². The first-order valence-electron chi connectivity index (χ1n) is 28.0. The van der Waals surface area contributed by atoms with Crippen LogP contribution < -0.4 is 0 Å². The second-order valence-corrected chi connectivity index (χ2v) is 19.9. The second kappa shape index (κ2) is 48.6. The van der Waals surface area contributed by atoms with Crippen molar-refractivity contribution >= 4 is 29.4 Å². The molecule has 0 saturated heterocycles. The SMILES string of the molecule is CCCCCCCCCCN(C(=O)CCCl)C(CCCCCCCCC(=O)OCC(CCCC)CCCCCC)CCCCCCCCC(=O)OCC(CCCC)CCCCCC. The second-order valence-electron chi connectivity index (χ2n) is 19.6. The highest BCUT2D eigenvalue weighted by atomic mass is 35.5. The van der Waals surface area contributed by atoms with Gasteiger partial charge in [-0.3, -0.25) is 14.4 Å². The zero-order valence-corrected chi connectivity index (χ0v) is 43.7. The highest BCUT2D eigenvalue weighted by Gasteiger charge is 2.23. The van der Waals surface area contributed by atoms with Crippen molar-refractivity contribution in [3.63, 3.8) is 0 Å². The molecule has 0 rings (SSSR count). The zero-order valence-electron chi connectivity index (χ0n) is 42.9. The molecule has 0 N–H and O–H groups in total. The number of carbonyl (C=O) groups is 3. The molecule has 0 aliphatic carbocycles. The molecule has 0 spiro atoms. The van der Waals surface area contributed by atoms with Gasteiger partial charge in [0.2, 0.25) is 5.91 Å². The number of ether oxygens (including phenoxy) is 2. The largest absolute Gasteiger partial charge is 0.465 e. The Labute approximate surface area is 398 Å². The minimum absolute atomic E-state index is 0.0133. The summed E-state index contributed by atoms with van der Waals surface area (Å²) >= 11 is 6.15. The lowest BCUT2D eigenvalue weighted by molar-refractivity contribution is -0.146. The van der Waals surface area contributed by atoms with E-state index in [1.54, 1.807) is 0 Å². The fourth-order valence-electron chi connectivity index (χ4n) is 9.21. The lowest BCUT2D eigenvalue weighted by atomic mass is 9.96. The number of alkyl halides is 1. The third-order valence-electron chi connectivity index (χ3n) is 13.5. The van der Waals surface area contributed by atoms with Crippen LogP contribution in [0.3, 0.4) is 0 Å². The number of hydrogen-bond acceptors (Lipinski definition) is 5. The number of rotatable bonds is 50. The molecule has 0 radical (unpaired) electrons. The molecule has 0 aromatic carbocycles. The Kier molecular flexibility index (Phi) is 47.6. The highest BCUT2D eigenvalue weighted by Crippen LogP contribution is 2.23. The third-order valence-corrected chi connectivity index (χ3v) is 13.7. The Morgan fingerprint density at radius 1 is 0.381 bits per heavy atom. The first kappa shape index (κ1) is 61.7. The summed E-state index contributed by atoms with van der Waals surface area (Å²) in [4.78, 5) is 40.9. The van der Waals surface area contributed by atoms with Crippen LogP contribution in [0.15, 0.2) is 0 Å². The minimum atomic E-state index is -0.0133. The van der Waals surface area contributed by atoms with E-state index in [2.05, 4.69) is 39.5 Å². The van der Waals surface area contributed by atoms with E-state index in [1.807, 2.05) is 0 Å². The summed E-state index contributed by atoms with van der Waals surface area (Å²) < 4.78 is 11.5. The van der Waals surface area contributed by atoms with Gasteiger partial charge in [-0.05, 0) is 69.6 Å². The van der Waals surface area contributed by atoms with Gasteiger partial charge < -0.3 is 14.4 Å². The molecule has 0 heterocycles. The van der Waals surface area contributed by atoms with Crippen molar-refractivity contribution in [2.24, 2.45) is 11.8 Å². The Morgan fingerprint density at radius 3 is 1.10 bits per heavy atom. The molecule has 374 valence electrons. The molecule has 6 nitrogen and oxygen atoms in total. The Morgan fingerprint density at radius 2 is 0.698 bits per heavy atom. The van der Waals surface area contributed by atoms with Crippen LogP contribution in [-0.2, 0) is 23.9 Å². The van der Waals surface area contributed by atoms with Crippen LogP contribution in [-0.4, -0.2) is 54.4 Å².